The number of benzene rings is 1. The minimum Gasteiger partial charge on any atom is -0.309 e. The van der Waals surface area contributed by atoms with Crippen LogP contribution in [0.2, 0.25) is 0 Å². The summed E-state index contributed by atoms with van der Waals surface area (Å²) in [7, 11) is 0. The van der Waals surface area contributed by atoms with Gasteiger partial charge in [0.2, 0.25) is 5.91 Å². The molecular weight excluding hydrogens is 400 g/mol. The van der Waals surface area contributed by atoms with Crippen LogP contribution in [-0.4, -0.2) is 38.4 Å². The van der Waals surface area contributed by atoms with Crippen LogP contribution in [0.3, 0.4) is 0 Å². The highest BCUT2D eigenvalue weighted by atomic mass is 32.1. The summed E-state index contributed by atoms with van der Waals surface area (Å²) in [5, 5.41) is 9.14. The van der Waals surface area contributed by atoms with Crippen LogP contribution < -0.4 is 5.32 Å². The van der Waals surface area contributed by atoms with Gasteiger partial charge in [-0.3, -0.25) is 19.3 Å². The molecule has 0 fully saturated rings. The Morgan fingerprint density at radius 3 is 2.37 bits per heavy atom. The van der Waals surface area contributed by atoms with Crippen LogP contribution in [-0.2, 0) is 11.3 Å². The van der Waals surface area contributed by atoms with Gasteiger partial charge in [-0.15, -0.1) is 11.3 Å². The molecule has 154 valence electrons. The highest BCUT2D eigenvalue weighted by molar-refractivity contribution is 7.09. The third-order valence-electron chi connectivity index (χ3n) is 4.99. The summed E-state index contributed by atoms with van der Waals surface area (Å²) < 4.78 is 1.69. The molecule has 0 radical (unpaired) electrons. The Balaban J connectivity index is 1.58. The first kappa shape index (κ1) is 20.0. The summed E-state index contributed by atoms with van der Waals surface area (Å²) in [6, 6.07) is 11.4. The van der Waals surface area contributed by atoms with E-state index in [2.05, 4.69) is 10.4 Å². The molecule has 0 unspecified atom stereocenters. The van der Waals surface area contributed by atoms with E-state index in [4.69, 9.17) is 0 Å². The van der Waals surface area contributed by atoms with Gasteiger partial charge in [-0.25, -0.2) is 4.68 Å². The van der Waals surface area contributed by atoms with Crippen LogP contribution >= 0.6 is 11.3 Å². The lowest BCUT2D eigenvalue weighted by atomic mass is 10.0. The van der Waals surface area contributed by atoms with E-state index < -0.39 is 23.8 Å². The molecule has 8 heteroatoms. The van der Waals surface area contributed by atoms with E-state index in [1.54, 1.807) is 52.5 Å². The number of fused-ring (bicyclic) bond motifs is 1. The molecule has 1 aliphatic rings. The summed E-state index contributed by atoms with van der Waals surface area (Å²) >= 11 is 1.61. The van der Waals surface area contributed by atoms with Crippen LogP contribution in [0.25, 0.3) is 0 Å². The van der Waals surface area contributed by atoms with Gasteiger partial charge in [0.15, 0.2) is 0 Å². The van der Waals surface area contributed by atoms with E-state index in [1.807, 2.05) is 31.4 Å². The lowest BCUT2D eigenvalue weighted by Gasteiger charge is -2.26. The second kappa shape index (κ2) is 8.23. The van der Waals surface area contributed by atoms with Gasteiger partial charge in [-0.2, -0.15) is 5.10 Å². The first-order valence-electron chi connectivity index (χ1n) is 9.77. The Morgan fingerprint density at radius 2 is 1.77 bits per heavy atom. The van der Waals surface area contributed by atoms with Gasteiger partial charge in [0.05, 0.1) is 23.9 Å². The molecule has 0 bridgehead atoms. The lowest BCUT2D eigenvalue weighted by Crippen LogP contribution is -2.48. The van der Waals surface area contributed by atoms with E-state index in [0.29, 0.717) is 29.9 Å². The smallest absolute Gasteiger partial charge is 0.262 e. The van der Waals surface area contributed by atoms with Crippen molar-refractivity contribution >= 4 is 34.9 Å². The zero-order valence-corrected chi connectivity index (χ0v) is 17.6. The molecular formula is C22H22N4O3S. The van der Waals surface area contributed by atoms with Crippen molar-refractivity contribution in [1.82, 2.24) is 14.7 Å². The number of anilines is 1. The van der Waals surface area contributed by atoms with Gasteiger partial charge >= 0.3 is 0 Å². The largest absolute Gasteiger partial charge is 0.309 e. The number of imide groups is 1. The van der Waals surface area contributed by atoms with Crippen LogP contribution in [0.1, 0.15) is 45.9 Å². The Labute approximate surface area is 178 Å². The normalized spacial score (nSPS) is 14.3. The number of thiophene rings is 1. The maximum Gasteiger partial charge on any atom is 0.262 e. The van der Waals surface area contributed by atoms with E-state index in [1.165, 1.54) is 0 Å². The van der Waals surface area contributed by atoms with Gasteiger partial charge in [-0.1, -0.05) is 32.0 Å². The maximum atomic E-state index is 13.2. The fourth-order valence-corrected chi connectivity index (χ4v) is 4.28. The number of rotatable bonds is 7. The molecule has 0 aliphatic carbocycles. The minimum absolute atomic E-state index is 0.112. The third kappa shape index (κ3) is 3.78. The zero-order chi connectivity index (χ0) is 21.3. The average molecular weight is 423 g/mol. The predicted molar refractivity (Wildman–Crippen MR) is 114 cm³/mol. The lowest BCUT2D eigenvalue weighted by molar-refractivity contribution is -0.120. The first-order chi connectivity index (χ1) is 14.5. The number of nitrogens with zero attached hydrogens (tertiary/aromatic N) is 3. The Morgan fingerprint density at radius 1 is 1.07 bits per heavy atom. The highest BCUT2D eigenvalue weighted by Crippen LogP contribution is 2.27. The molecule has 4 rings (SSSR count). The molecule has 7 nitrogen and oxygen atoms in total. The number of carbonyl (C=O) groups excluding carboxylic acids is 3. The van der Waals surface area contributed by atoms with Gasteiger partial charge in [0.1, 0.15) is 11.9 Å². The van der Waals surface area contributed by atoms with Gasteiger partial charge in [-0.05, 0) is 35.9 Å². The second-order valence-corrected chi connectivity index (χ2v) is 8.65. The molecule has 1 atom stereocenters. The number of hydrogen-bond donors (Lipinski definition) is 1. The standard InChI is InChI=1S/C22H22N4O3S/c1-14(2)12-18(26-21(28)16-7-3-4-8-17(16)22(26)29)20(27)24-19-9-10-23-25(19)13-15-6-5-11-30-15/h3-11,14,18H,12-13H2,1-2H3,(H,24,27)/t18-/m1/s1. The van der Waals surface area contributed by atoms with Crippen molar-refractivity contribution in [1.29, 1.82) is 0 Å². The maximum absolute atomic E-state index is 13.2. The van der Waals surface area contributed by atoms with Crippen molar-refractivity contribution in [2.45, 2.75) is 32.9 Å². The molecule has 0 saturated carbocycles. The van der Waals surface area contributed by atoms with Crippen molar-refractivity contribution in [3.8, 4) is 0 Å². The number of nitrogens with one attached hydrogen (secondary N) is 1. The molecule has 1 aliphatic heterocycles. The summed E-state index contributed by atoms with van der Waals surface area (Å²) in [6.45, 7) is 4.45. The van der Waals surface area contributed by atoms with Crippen LogP contribution in [0, 0.1) is 5.92 Å². The molecule has 30 heavy (non-hydrogen) atoms. The summed E-state index contributed by atoms with van der Waals surface area (Å²) in [5.74, 6) is -0.613. The molecule has 1 aromatic carbocycles. The van der Waals surface area contributed by atoms with E-state index >= 15 is 0 Å². The highest BCUT2D eigenvalue weighted by Gasteiger charge is 2.42. The summed E-state index contributed by atoms with van der Waals surface area (Å²) in [6.07, 6.45) is 1.99. The zero-order valence-electron chi connectivity index (χ0n) is 16.7. The van der Waals surface area contributed by atoms with Gasteiger partial charge in [0.25, 0.3) is 11.8 Å². The second-order valence-electron chi connectivity index (χ2n) is 7.61. The molecule has 1 N–H and O–H groups in total. The van der Waals surface area contributed by atoms with Crippen LogP contribution in [0.4, 0.5) is 5.82 Å². The Bertz CT molecular complexity index is 1050. The van der Waals surface area contributed by atoms with Crippen molar-refractivity contribution in [2.75, 3.05) is 5.32 Å². The molecule has 3 heterocycles. The fraction of sp³-hybridized carbons (Fsp3) is 0.273. The number of amides is 3. The van der Waals surface area contributed by atoms with E-state index in [0.717, 1.165) is 9.78 Å². The van der Waals surface area contributed by atoms with Crippen molar-refractivity contribution in [3.63, 3.8) is 0 Å². The minimum atomic E-state index is -0.900. The van der Waals surface area contributed by atoms with Crippen LogP contribution in [0.5, 0.6) is 0 Å². The van der Waals surface area contributed by atoms with Crippen LogP contribution in [0.15, 0.2) is 54.0 Å². The average Bonchev–Trinajstić information content (AvgIpc) is 3.44. The van der Waals surface area contributed by atoms with Crippen molar-refractivity contribution in [3.05, 3.63) is 70.0 Å². The Hall–Kier alpha value is -3.26. The monoisotopic (exact) mass is 422 g/mol. The molecule has 3 amide bonds. The SMILES string of the molecule is CC(C)C[C@H](C(=O)Nc1ccnn1Cc1cccs1)N1C(=O)c2ccccc2C1=O. The fourth-order valence-electron chi connectivity index (χ4n) is 3.59. The summed E-state index contributed by atoms with van der Waals surface area (Å²) in [5.41, 5.74) is 0.679. The summed E-state index contributed by atoms with van der Waals surface area (Å²) in [4.78, 5) is 41.3. The number of aromatic nitrogens is 2. The van der Waals surface area contributed by atoms with Gasteiger partial charge in [0, 0.05) is 10.9 Å². The van der Waals surface area contributed by atoms with E-state index in [-0.39, 0.29) is 5.92 Å². The van der Waals surface area contributed by atoms with Gasteiger partial charge < -0.3 is 5.32 Å². The van der Waals surface area contributed by atoms with E-state index in [9.17, 15) is 14.4 Å². The quantitative estimate of drug-likeness (QED) is 0.589. The molecule has 0 spiro atoms. The Kier molecular flexibility index (Phi) is 5.50. The third-order valence-corrected chi connectivity index (χ3v) is 5.85. The van der Waals surface area contributed by atoms with Crippen molar-refractivity contribution in [2.24, 2.45) is 5.92 Å². The molecule has 3 aromatic rings. The number of carbonyl (C=O) groups is 3. The first-order valence-corrected chi connectivity index (χ1v) is 10.7. The topological polar surface area (TPSA) is 84.3 Å². The predicted octanol–water partition coefficient (Wildman–Crippen LogP) is 3.64. The number of hydrogen-bond acceptors (Lipinski definition) is 5. The molecule has 2 aromatic heterocycles. The van der Waals surface area contributed by atoms with Crippen molar-refractivity contribution < 1.29 is 14.4 Å². The molecule has 0 saturated heterocycles.